The summed E-state index contributed by atoms with van der Waals surface area (Å²) < 4.78 is 5.59. The van der Waals surface area contributed by atoms with Crippen LogP contribution < -0.4 is 4.74 Å². The van der Waals surface area contributed by atoms with Gasteiger partial charge in [-0.3, -0.25) is 4.79 Å². The van der Waals surface area contributed by atoms with Crippen LogP contribution in [0.4, 0.5) is 0 Å². The molecular weight excluding hydrogens is 192 g/mol. The zero-order valence-electron chi connectivity index (χ0n) is 9.13. The van der Waals surface area contributed by atoms with Crippen LogP contribution in [0.3, 0.4) is 0 Å². The SMILES string of the molecule is Cc1cc2c(c(C)c1O)OC(C)CC2=O. The molecule has 1 N–H and O–H groups in total. The van der Waals surface area contributed by atoms with Gasteiger partial charge < -0.3 is 9.84 Å². The average molecular weight is 206 g/mol. The number of phenols is 1. The molecule has 0 fully saturated rings. The van der Waals surface area contributed by atoms with E-state index in [9.17, 15) is 9.90 Å². The third kappa shape index (κ3) is 1.48. The minimum Gasteiger partial charge on any atom is -0.507 e. The molecule has 1 unspecified atom stereocenters. The summed E-state index contributed by atoms with van der Waals surface area (Å²) in [6.45, 7) is 5.41. The molecule has 0 spiro atoms. The van der Waals surface area contributed by atoms with Crippen LogP contribution in [-0.4, -0.2) is 17.0 Å². The van der Waals surface area contributed by atoms with Gasteiger partial charge in [0.05, 0.1) is 5.56 Å². The molecule has 0 bridgehead atoms. The molecule has 1 aromatic carbocycles. The highest BCUT2D eigenvalue weighted by atomic mass is 16.5. The summed E-state index contributed by atoms with van der Waals surface area (Å²) in [5.41, 5.74) is 1.98. The first kappa shape index (κ1) is 10.0. The van der Waals surface area contributed by atoms with Crippen LogP contribution in [0.25, 0.3) is 0 Å². The minimum absolute atomic E-state index is 0.0925. The summed E-state index contributed by atoms with van der Waals surface area (Å²) in [4.78, 5) is 11.8. The number of ether oxygens (including phenoxy) is 1. The van der Waals surface area contributed by atoms with Crippen LogP contribution >= 0.6 is 0 Å². The lowest BCUT2D eigenvalue weighted by molar-refractivity contribution is 0.0869. The number of carbonyl (C=O) groups excluding carboxylic acids is 1. The van der Waals surface area contributed by atoms with Gasteiger partial charge in [0.25, 0.3) is 0 Å². The van der Waals surface area contributed by atoms with Crippen molar-refractivity contribution in [1.82, 2.24) is 0 Å². The molecule has 0 aliphatic carbocycles. The van der Waals surface area contributed by atoms with Crippen molar-refractivity contribution in [3.8, 4) is 11.5 Å². The Hall–Kier alpha value is -1.51. The molecule has 1 heterocycles. The highest BCUT2D eigenvalue weighted by molar-refractivity contribution is 6.00. The van der Waals surface area contributed by atoms with Crippen molar-refractivity contribution in [2.24, 2.45) is 0 Å². The lowest BCUT2D eigenvalue weighted by atomic mass is 9.96. The number of phenolic OH excluding ortho intramolecular Hbond substituents is 1. The number of ketones is 1. The number of hydrogen-bond donors (Lipinski definition) is 1. The molecule has 0 amide bonds. The third-order valence-electron chi connectivity index (χ3n) is 2.77. The Morgan fingerprint density at radius 2 is 2.13 bits per heavy atom. The molecule has 15 heavy (non-hydrogen) atoms. The van der Waals surface area contributed by atoms with Crippen LogP contribution in [0.5, 0.6) is 11.5 Å². The van der Waals surface area contributed by atoms with Gasteiger partial charge in [0.2, 0.25) is 0 Å². The predicted octanol–water partition coefficient (Wildman–Crippen LogP) is 2.36. The highest BCUT2D eigenvalue weighted by Gasteiger charge is 2.26. The molecule has 0 radical (unpaired) electrons. The Balaban J connectivity index is 2.66. The highest BCUT2D eigenvalue weighted by Crippen LogP contribution is 2.37. The Morgan fingerprint density at radius 1 is 1.47 bits per heavy atom. The number of rotatable bonds is 0. The second kappa shape index (κ2) is 3.26. The zero-order chi connectivity index (χ0) is 11.2. The van der Waals surface area contributed by atoms with Gasteiger partial charge in [-0.25, -0.2) is 0 Å². The topological polar surface area (TPSA) is 46.5 Å². The number of aryl methyl sites for hydroxylation is 1. The van der Waals surface area contributed by atoms with Gasteiger partial charge in [0, 0.05) is 12.0 Å². The van der Waals surface area contributed by atoms with Crippen LogP contribution in [0.2, 0.25) is 0 Å². The van der Waals surface area contributed by atoms with E-state index in [1.807, 2.05) is 6.92 Å². The van der Waals surface area contributed by atoms with E-state index >= 15 is 0 Å². The maximum atomic E-state index is 11.8. The number of fused-ring (bicyclic) bond motifs is 1. The first-order valence-electron chi connectivity index (χ1n) is 5.03. The lowest BCUT2D eigenvalue weighted by Gasteiger charge is -2.24. The van der Waals surface area contributed by atoms with Gasteiger partial charge in [-0.05, 0) is 32.4 Å². The van der Waals surface area contributed by atoms with Crippen LogP contribution in [0.15, 0.2) is 6.07 Å². The molecule has 1 aromatic rings. The Bertz CT molecular complexity index is 435. The summed E-state index contributed by atoms with van der Waals surface area (Å²) in [6.07, 6.45) is 0.308. The molecule has 0 aromatic heterocycles. The van der Waals surface area contributed by atoms with Crippen LogP contribution in [-0.2, 0) is 0 Å². The molecule has 1 atom stereocenters. The number of benzene rings is 1. The van der Waals surface area contributed by atoms with Crippen LogP contribution in [0, 0.1) is 13.8 Å². The largest absolute Gasteiger partial charge is 0.507 e. The quantitative estimate of drug-likeness (QED) is 0.708. The van der Waals surface area contributed by atoms with E-state index < -0.39 is 0 Å². The fraction of sp³-hybridized carbons (Fsp3) is 0.417. The third-order valence-corrected chi connectivity index (χ3v) is 2.77. The van der Waals surface area contributed by atoms with Crippen molar-refractivity contribution >= 4 is 5.78 Å². The molecule has 0 saturated heterocycles. The van der Waals surface area contributed by atoms with Gasteiger partial charge in [0.1, 0.15) is 17.6 Å². The summed E-state index contributed by atoms with van der Waals surface area (Å²) in [6, 6.07) is 1.70. The van der Waals surface area contributed by atoms with Gasteiger partial charge in [0.15, 0.2) is 5.78 Å². The molecule has 2 rings (SSSR count). The molecule has 3 nitrogen and oxygen atoms in total. The fourth-order valence-corrected chi connectivity index (χ4v) is 1.93. The molecular formula is C12H14O3. The fourth-order valence-electron chi connectivity index (χ4n) is 1.93. The van der Waals surface area contributed by atoms with E-state index in [1.54, 1.807) is 19.9 Å². The monoisotopic (exact) mass is 206 g/mol. The van der Waals surface area contributed by atoms with E-state index in [2.05, 4.69) is 0 Å². The van der Waals surface area contributed by atoms with Gasteiger partial charge in [-0.1, -0.05) is 0 Å². The summed E-state index contributed by atoms with van der Waals surface area (Å²) >= 11 is 0. The van der Waals surface area contributed by atoms with E-state index in [-0.39, 0.29) is 17.6 Å². The second-order valence-corrected chi connectivity index (χ2v) is 4.10. The number of hydrogen-bond acceptors (Lipinski definition) is 3. The van der Waals surface area contributed by atoms with Crippen molar-refractivity contribution in [2.45, 2.75) is 33.3 Å². The summed E-state index contributed by atoms with van der Waals surface area (Å²) in [5, 5.41) is 9.74. The second-order valence-electron chi connectivity index (χ2n) is 4.10. The maximum Gasteiger partial charge on any atom is 0.170 e. The smallest absolute Gasteiger partial charge is 0.170 e. The van der Waals surface area contributed by atoms with Gasteiger partial charge in [-0.2, -0.15) is 0 Å². The van der Waals surface area contributed by atoms with Crippen molar-refractivity contribution in [2.75, 3.05) is 0 Å². The van der Waals surface area contributed by atoms with Crippen molar-refractivity contribution < 1.29 is 14.6 Å². The molecule has 3 heteroatoms. The van der Waals surface area contributed by atoms with Crippen molar-refractivity contribution in [3.05, 3.63) is 22.8 Å². The van der Waals surface area contributed by atoms with Gasteiger partial charge in [-0.15, -0.1) is 0 Å². The van der Waals surface area contributed by atoms with Crippen molar-refractivity contribution in [3.63, 3.8) is 0 Å². The first-order valence-corrected chi connectivity index (χ1v) is 5.03. The molecule has 80 valence electrons. The number of carbonyl (C=O) groups is 1. The average Bonchev–Trinajstić information content (AvgIpc) is 2.17. The van der Waals surface area contributed by atoms with E-state index in [0.29, 0.717) is 23.3 Å². The maximum absolute atomic E-state index is 11.8. The molecule has 1 aliphatic heterocycles. The predicted molar refractivity (Wildman–Crippen MR) is 56.6 cm³/mol. The van der Waals surface area contributed by atoms with E-state index in [4.69, 9.17) is 4.74 Å². The Morgan fingerprint density at radius 3 is 2.80 bits per heavy atom. The zero-order valence-corrected chi connectivity index (χ0v) is 9.13. The number of aromatic hydroxyl groups is 1. The Kier molecular flexibility index (Phi) is 2.18. The lowest BCUT2D eigenvalue weighted by Crippen LogP contribution is -2.24. The number of Topliss-reactive ketones (excluding diaryl/α,β-unsaturated/α-hetero) is 1. The summed E-state index contributed by atoms with van der Waals surface area (Å²) in [5.74, 6) is 0.854. The molecule has 0 saturated carbocycles. The van der Waals surface area contributed by atoms with E-state index in [1.165, 1.54) is 0 Å². The normalized spacial score (nSPS) is 19.7. The Labute approximate surface area is 88.7 Å². The standard InChI is InChI=1S/C12H14O3/c1-6-4-9-10(13)5-7(2)15-12(9)8(3)11(6)14/h4,7,14H,5H2,1-3H3. The molecule has 1 aliphatic rings. The van der Waals surface area contributed by atoms with Crippen molar-refractivity contribution in [1.29, 1.82) is 0 Å². The van der Waals surface area contributed by atoms with E-state index in [0.717, 1.165) is 5.56 Å². The summed E-state index contributed by atoms with van der Waals surface area (Å²) in [7, 11) is 0. The van der Waals surface area contributed by atoms with Crippen LogP contribution in [0.1, 0.15) is 34.8 Å². The van der Waals surface area contributed by atoms with Gasteiger partial charge >= 0.3 is 0 Å². The first-order chi connectivity index (χ1) is 7.00. The minimum atomic E-state index is -0.106.